The first kappa shape index (κ1) is 25.7. The molecule has 0 saturated carbocycles. The summed E-state index contributed by atoms with van der Waals surface area (Å²) in [5, 5.41) is 7.00. The van der Waals surface area contributed by atoms with E-state index in [4.69, 9.17) is 20.6 Å². The average Bonchev–Trinajstić information content (AvgIpc) is 3.43. The quantitative estimate of drug-likeness (QED) is 0.140. The summed E-state index contributed by atoms with van der Waals surface area (Å²) < 4.78 is 7.73. The van der Waals surface area contributed by atoms with E-state index in [1.54, 1.807) is 6.92 Å². The highest BCUT2D eigenvalue weighted by Crippen LogP contribution is 2.37. The lowest BCUT2D eigenvalue weighted by Crippen LogP contribution is -2.17. The number of aromatic nitrogens is 2. The number of hydrogen-bond acceptors (Lipinski definition) is 5. The van der Waals surface area contributed by atoms with Crippen molar-refractivity contribution in [1.29, 1.82) is 0 Å². The van der Waals surface area contributed by atoms with Gasteiger partial charge >= 0.3 is 0 Å². The number of para-hydroxylation sites is 3. The van der Waals surface area contributed by atoms with Gasteiger partial charge in [0, 0.05) is 52.6 Å². The highest BCUT2D eigenvalue weighted by atomic mass is 16.5. The van der Waals surface area contributed by atoms with Crippen LogP contribution in [0.5, 0.6) is 0 Å². The number of ketones is 1. The number of anilines is 1. The van der Waals surface area contributed by atoms with Gasteiger partial charge in [-0.05, 0) is 62.4 Å². The number of fused-ring (bicyclic) bond motifs is 1. The van der Waals surface area contributed by atoms with Crippen LogP contribution in [0.3, 0.4) is 0 Å². The van der Waals surface area contributed by atoms with E-state index in [-0.39, 0.29) is 5.78 Å². The van der Waals surface area contributed by atoms with Crippen LogP contribution in [0.15, 0.2) is 96.0 Å². The Morgan fingerprint density at radius 1 is 0.900 bits per heavy atom. The van der Waals surface area contributed by atoms with E-state index in [9.17, 15) is 4.79 Å². The topological polar surface area (TPSA) is 82.5 Å². The van der Waals surface area contributed by atoms with Gasteiger partial charge in [0.2, 0.25) is 0 Å². The van der Waals surface area contributed by atoms with Crippen molar-refractivity contribution in [2.75, 3.05) is 18.9 Å². The van der Waals surface area contributed by atoms with Crippen LogP contribution < -0.4 is 5.73 Å². The number of nitrogens with zero attached hydrogens (tertiary/aromatic N) is 3. The zero-order valence-electron chi connectivity index (χ0n) is 22.8. The monoisotopic (exact) mass is 528 g/mol. The van der Waals surface area contributed by atoms with Gasteiger partial charge in [-0.2, -0.15) is 5.10 Å². The second-order valence-corrected chi connectivity index (χ2v) is 10.3. The van der Waals surface area contributed by atoms with Gasteiger partial charge in [0.05, 0.1) is 22.8 Å². The number of nitrogen functional groups attached to an aromatic ring is 1. The molecule has 0 bridgehead atoms. The van der Waals surface area contributed by atoms with Crippen LogP contribution >= 0.6 is 0 Å². The number of ether oxygens (including phenoxy) is 1. The number of rotatable bonds is 6. The van der Waals surface area contributed by atoms with E-state index < -0.39 is 0 Å². The maximum Gasteiger partial charge on any atom is 0.160 e. The Balaban J connectivity index is 1.55. The molecule has 0 radical (unpaired) electrons. The number of aliphatic imine (C=N–C) groups is 1. The van der Waals surface area contributed by atoms with Crippen molar-refractivity contribution in [3.8, 4) is 16.9 Å². The molecule has 0 unspecified atom stereocenters. The van der Waals surface area contributed by atoms with E-state index in [0.29, 0.717) is 22.9 Å². The molecule has 5 aromatic rings. The first-order chi connectivity index (χ1) is 19.5. The van der Waals surface area contributed by atoms with E-state index in [1.807, 2.05) is 73.7 Å². The summed E-state index contributed by atoms with van der Waals surface area (Å²) in [6.07, 6.45) is 1.93. The molecule has 1 aliphatic rings. The third-order valence-electron chi connectivity index (χ3n) is 7.69. The van der Waals surface area contributed by atoms with Crippen LogP contribution in [0, 0.1) is 0 Å². The van der Waals surface area contributed by atoms with Gasteiger partial charge in [-0.15, -0.1) is 0 Å². The van der Waals surface area contributed by atoms with Crippen LogP contribution in [0.1, 0.15) is 54.2 Å². The normalized spacial score (nSPS) is 14.5. The lowest BCUT2D eigenvalue weighted by molar-refractivity contribution is 0.0840. The zero-order valence-corrected chi connectivity index (χ0v) is 22.8. The van der Waals surface area contributed by atoms with E-state index in [0.717, 1.165) is 65.0 Å². The largest absolute Gasteiger partial charge is 0.397 e. The number of benzene rings is 4. The second-order valence-electron chi connectivity index (χ2n) is 10.3. The Kier molecular flexibility index (Phi) is 7.01. The third kappa shape index (κ3) is 4.82. The summed E-state index contributed by atoms with van der Waals surface area (Å²) in [7, 11) is 0. The minimum Gasteiger partial charge on any atom is -0.397 e. The molecule has 0 amide bonds. The van der Waals surface area contributed by atoms with Crippen LogP contribution in [0.2, 0.25) is 0 Å². The summed E-state index contributed by atoms with van der Waals surface area (Å²) in [6, 6.07) is 30.1. The van der Waals surface area contributed by atoms with Crippen LogP contribution in [-0.2, 0) is 4.74 Å². The Bertz CT molecular complexity index is 1730. The van der Waals surface area contributed by atoms with Gasteiger partial charge < -0.3 is 10.5 Å². The Hall–Kier alpha value is -4.55. The van der Waals surface area contributed by atoms with Gasteiger partial charge in [-0.25, -0.2) is 4.68 Å². The SMILES string of the molecule is CC(=O)c1ccc(-c2cc(C3CCOCC3)n(-c3ccccc3)n2)c2cccc(C(C)=Nc3ccccc3N)c12. The minimum atomic E-state index is 0.00809. The summed E-state index contributed by atoms with van der Waals surface area (Å²) in [5.41, 5.74) is 13.9. The lowest BCUT2D eigenvalue weighted by Gasteiger charge is -2.22. The van der Waals surface area contributed by atoms with Crippen LogP contribution in [-0.4, -0.2) is 34.5 Å². The molecule has 0 aliphatic carbocycles. The predicted molar refractivity (Wildman–Crippen MR) is 162 cm³/mol. The smallest absolute Gasteiger partial charge is 0.160 e. The van der Waals surface area contributed by atoms with Gasteiger partial charge in [-0.1, -0.05) is 60.7 Å². The minimum absolute atomic E-state index is 0.00809. The van der Waals surface area contributed by atoms with Crippen molar-refractivity contribution in [3.05, 3.63) is 108 Å². The number of hydrogen-bond donors (Lipinski definition) is 1. The molecule has 2 N–H and O–H groups in total. The maximum atomic E-state index is 12.9. The molecule has 6 heteroatoms. The third-order valence-corrected chi connectivity index (χ3v) is 7.69. The van der Waals surface area contributed by atoms with Crippen molar-refractivity contribution in [2.45, 2.75) is 32.6 Å². The lowest BCUT2D eigenvalue weighted by atomic mass is 9.90. The fourth-order valence-electron chi connectivity index (χ4n) is 5.64. The van der Waals surface area contributed by atoms with Gasteiger partial charge in [0.25, 0.3) is 0 Å². The van der Waals surface area contributed by atoms with Crippen molar-refractivity contribution in [1.82, 2.24) is 9.78 Å². The van der Waals surface area contributed by atoms with Crippen molar-refractivity contribution < 1.29 is 9.53 Å². The number of nitrogens with two attached hydrogens (primary N) is 1. The van der Waals surface area contributed by atoms with Crippen molar-refractivity contribution in [3.63, 3.8) is 0 Å². The molecule has 6 rings (SSSR count). The standard InChI is InChI=1S/C34H32N4O2/c1-22(36-31-14-7-6-13-30(31)35)26-11-8-12-29-28(16-15-27(23(2)39)34(26)29)32-21-33(24-17-19-40-20-18-24)38(37-32)25-9-4-3-5-10-25/h3-16,21,24H,17-20,35H2,1-2H3. The Morgan fingerprint density at radius 2 is 1.65 bits per heavy atom. The summed E-state index contributed by atoms with van der Waals surface area (Å²) in [4.78, 5) is 17.7. The molecular weight excluding hydrogens is 496 g/mol. The fourth-order valence-corrected chi connectivity index (χ4v) is 5.64. The molecule has 1 saturated heterocycles. The zero-order chi connectivity index (χ0) is 27.6. The van der Waals surface area contributed by atoms with Crippen molar-refractivity contribution >= 4 is 33.6 Å². The van der Waals surface area contributed by atoms with Crippen LogP contribution in [0.25, 0.3) is 27.7 Å². The molecule has 1 fully saturated rings. The Labute approximate surface area is 234 Å². The first-order valence-electron chi connectivity index (χ1n) is 13.7. The maximum absolute atomic E-state index is 12.9. The molecule has 40 heavy (non-hydrogen) atoms. The first-order valence-corrected chi connectivity index (χ1v) is 13.7. The van der Waals surface area contributed by atoms with Gasteiger partial charge in [-0.3, -0.25) is 9.79 Å². The molecule has 1 aromatic heterocycles. The molecule has 2 heterocycles. The van der Waals surface area contributed by atoms with Gasteiger partial charge in [0.1, 0.15) is 0 Å². The van der Waals surface area contributed by atoms with E-state index in [1.165, 1.54) is 5.69 Å². The molecule has 4 aromatic carbocycles. The molecular formula is C34H32N4O2. The fraction of sp³-hybridized carbons (Fsp3) is 0.206. The van der Waals surface area contributed by atoms with Crippen molar-refractivity contribution in [2.24, 2.45) is 4.99 Å². The molecule has 0 spiro atoms. The molecule has 0 atom stereocenters. The average molecular weight is 529 g/mol. The van der Waals surface area contributed by atoms with E-state index >= 15 is 0 Å². The van der Waals surface area contributed by atoms with E-state index in [2.05, 4.69) is 28.9 Å². The number of carbonyl (C=O) groups is 1. The highest BCUT2D eigenvalue weighted by Gasteiger charge is 2.24. The number of carbonyl (C=O) groups excluding carboxylic acids is 1. The number of Topliss-reactive ketones (excluding diaryl/α,β-unsaturated/α-hetero) is 1. The summed E-state index contributed by atoms with van der Waals surface area (Å²) in [6.45, 7) is 5.08. The summed E-state index contributed by atoms with van der Waals surface area (Å²) in [5.74, 6) is 0.368. The highest BCUT2D eigenvalue weighted by molar-refractivity contribution is 6.20. The predicted octanol–water partition coefficient (Wildman–Crippen LogP) is 7.51. The molecule has 1 aliphatic heterocycles. The molecule has 6 nitrogen and oxygen atoms in total. The van der Waals surface area contributed by atoms with Gasteiger partial charge in [0.15, 0.2) is 5.78 Å². The van der Waals surface area contributed by atoms with Crippen LogP contribution in [0.4, 0.5) is 11.4 Å². The Morgan fingerprint density at radius 3 is 2.40 bits per heavy atom. The second kappa shape index (κ2) is 10.9. The molecule has 200 valence electrons. The summed E-state index contributed by atoms with van der Waals surface area (Å²) >= 11 is 0.